The average molecular weight is 281 g/mol. The van der Waals surface area contributed by atoms with E-state index in [0.29, 0.717) is 18.7 Å². The molecule has 0 atom stereocenters. The third kappa shape index (κ3) is 2.77. The predicted molar refractivity (Wildman–Crippen MR) is 82.6 cm³/mol. The molecule has 2 aromatic rings. The number of amides is 1. The molecule has 0 bridgehead atoms. The number of benzene rings is 2. The minimum atomic E-state index is -0.0796. The van der Waals surface area contributed by atoms with Crippen LogP contribution in [0.4, 0.5) is 0 Å². The summed E-state index contributed by atoms with van der Waals surface area (Å²) in [5.74, 6) is -0.0173. The van der Waals surface area contributed by atoms with Crippen molar-refractivity contribution in [2.24, 2.45) is 0 Å². The zero-order valence-corrected chi connectivity index (χ0v) is 12.2. The van der Waals surface area contributed by atoms with E-state index in [0.717, 1.165) is 18.4 Å². The van der Waals surface area contributed by atoms with Gasteiger partial charge in [0.2, 0.25) is 0 Å². The number of rotatable bonds is 1. The molecule has 0 unspecified atom stereocenters. The van der Waals surface area contributed by atoms with Gasteiger partial charge in [-0.05, 0) is 43.0 Å². The van der Waals surface area contributed by atoms with Crippen molar-refractivity contribution >= 4 is 5.91 Å². The summed E-state index contributed by atoms with van der Waals surface area (Å²) in [6.07, 6.45) is 1.74. The van der Waals surface area contributed by atoms with Gasteiger partial charge in [-0.15, -0.1) is 0 Å². The number of phenols is 1. The molecule has 2 aromatic carbocycles. The highest BCUT2D eigenvalue weighted by molar-refractivity contribution is 5.97. The topological polar surface area (TPSA) is 40.5 Å². The Bertz CT molecular complexity index is 652. The molecule has 0 aromatic heterocycles. The summed E-state index contributed by atoms with van der Waals surface area (Å²) in [4.78, 5) is 14.5. The first kappa shape index (κ1) is 13.7. The molecular weight excluding hydrogens is 262 g/mol. The van der Waals surface area contributed by atoms with Gasteiger partial charge < -0.3 is 10.0 Å². The molecule has 0 saturated carbocycles. The van der Waals surface area contributed by atoms with Crippen LogP contribution in [-0.2, 0) is 12.8 Å². The minimum Gasteiger partial charge on any atom is -0.507 e. The Labute approximate surface area is 124 Å². The Morgan fingerprint density at radius 1 is 1.05 bits per heavy atom. The van der Waals surface area contributed by atoms with Crippen molar-refractivity contribution in [1.82, 2.24) is 4.90 Å². The fourth-order valence-electron chi connectivity index (χ4n) is 2.86. The van der Waals surface area contributed by atoms with Crippen LogP contribution in [0.15, 0.2) is 42.5 Å². The van der Waals surface area contributed by atoms with E-state index in [2.05, 4.69) is 12.1 Å². The van der Waals surface area contributed by atoms with Crippen LogP contribution in [0.3, 0.4) is 0 Å². The smallest absolute Gasteiger partial charge is 0.257 e. The van der Waals surface area contributed by atoms with E-state index in [1.54, 1.807) is 12.1 Å². The van der Waals surface area contributed by atoms with Crippen molar-refractivity contribution in [1.29, 1.82) is 0 Å². The van der Waals surface area contributed by atoms with E-state index in [-0.39, 0.29) is 11.7 Å². The molecule has 1 heterocycles. The largest absolute Gasteiger partial charge is 0.507 e. The van der Waals surface area contributed by atoms with E-state index in [1.807, 2.05) is 30.0 Å². The van der Waals surface area contributed by atoms with Gasteiger partial charge >= 0.3 is 0 Å². The number of carbonyl (C=O) groups is 1. The summed E-state index contributed by atoms with van der Waals surface area (Å²) in [5.41, 5.74) is 4.03. The van der Waals surface area contributed by atoms with Gasteiger partial charge in [-0.2, -0.15) is 0 Å². The normalized spacial score (nSPS) is 14.4. The van der Waals surface area contributed by atoms with E-state index in [1.165, 1.54) is 11.1 Å². The van der Waals surface area contributed by atoms with Gasteiger partial charge in [0.15, 0.2) is 0 Å². The van der Waals surface area contributed by atoms with Crippen molar-refractivity contribution < 1.29 is 9.90 Å². The van der Waals surface area contributed by atoms with Crippen molar-refractivity contribution in [3.63, 3.8) is 0 Å². The summed E-state index contributed by atoms with van der Waals surface area (Å²) >= 11 is 0. The van der Waals surface area contributed by atoms with Crippen LogP contribution < -0.4 is 0 Å². The first-order chi connectivity index (χ1) is 10.1. The predicted octanol–water partition coefficient (Wildman–Crippen LogP) is 2.94. The highest BCUT2D eigenvalue weighted by Gasteiger charge is 2.21. The van der Waals surface area contributed by atoms with Crippen molar-refractivity contribution in [3.05, 3.63) is 64.7 Å². The Hall–Kier alpha value is -2.29. The second-order valence-electron chi connectivity index (χ2n) is 5.58. The third-order valence-electron chi connectivity index (χ3n) is 4.09. The number of hydrogen-bond acceptors (Lipinski definition) is 2. The van der Waals surface area contributed by atoms with Crippen LogP contribution in [-0.4, -0.2) is 29.0 Å². The van der Waals surface area contributed by atoms with Crippen LogP contribution in [0.25, 0.3) is 0 Å². The number of hydrogen-bond donors (Lipinski definition) is 1. The second-order valence-corrected chi connectivity index (χ2v) is 5.58. The van der Waals surface area contributed by atoms with Crippen LogP contribution in [0.1, 0.15) is 27.0 Å². The number of aromatic hydroxyl groups is 1. The zero-order valence-electron chi connectivity index (χ0n) is 12.2. The standard InChI is InChI=1S/C18H19NO2/c1-13-6-7-17(20)16(12-13)18(21)19-10-8-14-4-2-3-5-15(14)9-11-19/h2-7,12,20H,8-11H2,1H3. The van der Waals surface area contributed by atoms with Gasteiger partial charge in [-0.3, -0.25) is 4.79 Å². The molecule has 108 valence electrons. The molecule has 0 saturated heterocycles. The average Bonchev–Trinajstić information content (AvgIpc) is 2.71. The molecule has 0 radical (unpaired) electrons. The SMILES string of the molecule is Cc1ccc(O)c(C(=O)N2CCc3ccccc3CC2)c1. The molecule has 0 spiro atoms. The van der Waals surface area contributed by atoms with Gasteiger partial charge in [0.25, 0.3) is 5.91 Å². The van der Waals surface area contributed by atoms with Crippen LogP contribution in [0, 0.1) is 6.92 Å². The highest BCUT2D eigenvalue weighted by atomic mass is 16.3. The summed E-state index contributed by atoms with van der Waals surface area (Å²) in [5, 5.41) is 9.93. The molecule has 1 aliphatic heterocycles. The van der Waals surface area contributed by atoms with Crippen molar-refractivity contribution in [3.8, 4) is 5.75 Å². The van der Waals surface area contributed by atoms with Gasteiger partial charge in [0.05, 0.1) is 5.56 Å². The van der Waals surface area contributed by atoms with E-state index >= 15 is 0 Å². The first-order valence-corrected chi connectivity index (χ1v) is 7.31. The maximum Gasteiger partial charge on any atom is 0.257 e. The lowest BCUT2D eigenvalue weighted by atomic mass is 10.0. The summed E-state index contributed by atoms with van der Waals surface area (Å²) in [7, 11) is 0. The molecule has 3 heteroatoms. The molecule has 3 rings (SSSR count). The lowest BCUT2D eigenvalue weighted by Crippen LogP contribution is -2.33. The summed E-state index contributed by atoms with van der Waals surface area (Å²) in [6, 6.07) is 13.5. The zero-order chi connectivity index (χ0) is 14.8. The Balaban J connectivity index is 1.82. The molecule has 21 heavy (non-hydrogen) atoms. The number of phenolic OH excluding ortho intramolecular Hbond substituents is 1. The quantitative estimate of drug-likeness (QED) is 0.873. The van der Waals surface area contributed by atoms with Crippen LogP contribution in [0.5, 0.6) is 5.75 Å². The monoisotopic (exact) mass is 281 g/mol. The van der Waals surface area contributed by atoms with E-state index in [9.17, 15) is 9.90 Å². The number of nitrogens with zero attached hydrogens (tertiary/aromatic N) is 1. The summed E-state index contributed by atoms with van der Waals surface area (Å²) < 4.78 is 0. The minimum absolute atomic E-state index is 0.0624. The molecule has 0 fully saturated rings. The van der Waals surface area contributed by atoms with Crippen molar-refractivity contribution in [2.45, 2.75) is 19.8 Å². The number of fused-ring (bicyclic) bond motifs is 1. The maximum atomic E-state index is 12.6. The Morgan fingerprint density at radius 3 is 2.29 bits per heavy atom. The molecule has 0 aliphatic carbocycles. The lowest BCUT2D eigenvalue weighted by Gasteiger charge is -2.21. The van der Waals surface area contributed by atoms with E-state index < -0.39 is 0 Å². The number of carbonyl (C=O) groups excluding carboxylic acids is 1. The highest BCUT2D eigenvalue weighted by Crippen LogP contribution is 2.22. The molecule has 1 N–H and O–H groups in total. The Morgan fingerprint density at radius 2 is 1.67 bits per heavy atom. The van der Waals surface area contributed by atoms with E-state index in [4.69, 9.17) is 0 Å². The maximum absolute atomic E-state index is 12.6. The molecular formula is C18H19NO2. The van der Waals surface area contributed by atoms with Crippen LogP contribution in [0.2, 0.25) is 0 Å². The molecule has 3 nitrogen and oxygen atoms in total. The van der Waals surface area contributed by atoms with Gasteiger partial charge in [-0.25, -0.2) is 0 Å². The lowest BCUT2D eigenvalue weighted by molar-refractivity contribution is 0.0760. The fourth-order valence-corrected chi connectivity index (χ4v) is 2.86. The van der Waals surface area contributed by atoms with Gasteiger partial charge in [0, 0.05) is 13.1 Å². The van der Waals surface area contributed by atoms with Crippen molar-refractivity contribution in [2.75, 3.05) is 13.1 Å². The van der Waals surface area contributed by atoms with Gasteiger partial charge in [0.1, 0.15) is 5.75 Å². The number of aryl methyl sites for hydroxylation is 1. The fraction of sp³-hybridized carbons (Fsp3) is 0.278. The molecule has 1 aliphatic rings. The molecule has 1 amide bonds. The second kappa shape index (κ2) is 5.60. The van der Waals surface area contributed by atoms with Crippen LogP contribution >= 0.6 is 0 Å². The summed E-state index contributed by atoms with van der Waals surface area (Å²) in [6.45, 7) is 3.32. The Kier molecular flexibility index (Phi) is 3.65. The third-order valence-corrected chi connectivity index (χ3v) is 4.09. The van der Waals surface area contributed by atoms with Gasteiger partial charge in [-0.1, -0.05) is 35.9 Å². The first-order valence-electron chi connectivity index (χ1n) is 7.31.